The molecule has 4 aromatic rings. The summed E-state index contributed by atoms with van der Waals surface area (Å²) in [4.78, 5) is 24.8. The van der Waals surface area contributed by atoms with Gasteiger partial charge in [0.2, 0.25) is 5.88 Å². The number of benzene rings is 2. The monoisotopic (exact) mass is 499 g/mol. The molecule has 2 N–H and O–H groups in total. The summed E-state index contributed by atoms with van der Waals surface area (Å²) in [6.07, 6.45) is 0.0672. The Bertz CT molecular complexity index is 1370. The number of hydrogen-bond acceptors (Lipinski definition) is 5. The van der Waals surface area contributed by atoms with Gasteiger partial charge in [-0.15, -0.1) is 0 Å². The first-order chi connectivity index (χ1) is 16.7. The van der Waals surface area contributed by atoms with Crippen LogP contribution in [0.2, 0.25) is 5.02 Å². The number of ether oxygens (including phenoxy) is 1. The van der Waals surface area contributed by atoms with Crippen molar-refractivity contribution in [2.45, 2.75) is 13.1 Å². The summed E-state index contributed by atoms with van der Waals surface area (Å²) in [5.74, 6) is 0.831. The van der Waals surface area contributed by atoms with Gasteiger partial charge in [-0.2, -0.15) is 13.2 Å². The number of hydrogen-bond donors (Lipinski definition) is 2. The van der Waals surface area contributed by atoms with E-state index in [1.807, 2.05) is 6.07 Å². The molecule has 0 unspecified atom stereocenters. The number of carbonyl (C=O) groups is 1. The molecule has 0 saturated heterocycles. The smallest absolute Gasteiger partial charge is 0.416 e. The molecule has 35 heavy (non-hydrogen) atoms. The highest BCUT2D eigenvalue weighted by Crippen LogP contribution is 2.34. The van der Waals surface area contributed by atoms with Gasteiger partial charge in [-0.3, -0.25) is 0 Å². The Balaban J connectivity index is 1.48. The largest absolute Gasteiger partial charge is 0.438 e. The maximum Gasteiger partial charge on any atom is 0.416 e. The standard InChI is InChI=1S/C24H17ClF3N5O2/c1-14-11-16(32-23(34)33-20-12-15(24(26,27)28)4-6-18(20)25)5-7-21(14)35-22-17(3-2-9-30-22)19-8-10-29-13-31-19/h2-13H,1H3,(H2,32,33,34). The molecule has 178 valence electrons. The fourth-order valence-electron chi connectivity index (χ4n) is 3.14. The molecule has 0 radical (unpaired) electrons. The summed E-state index contributed by atoms with van der Waals surface area (Å²) in [6, 6.07) is 12.1. The first-order valence-corrected chi connectivity index (χ1v) is 10.5. The summed E-state index contributed by atoms with van der Waals surface area (Å²) in [7, 11) is 0. The van der Waals surface area contributed by atoms with Crippen LogP contribution < -0.4 is 15.4 Å². The van der Waals surface area contributed by atoms with Crippen LogP contribution in [-0.2, 0) is 6.18 Å². The minimum atomic E-state index is -4.56. The molecule has 0 spiro atoms. The van der Waals surface area contributed by atoms with Crippen molar-refractivity contribution < 1.29 is 22.7 Å². The third-order valence-corrected chi connectivity index (χ3v) is 5.14. The van der Waals surface area contributed by atoms with Crippen LogP contribution in [0.25, 0.3) is 11.3 Å². The van der Waals surface area contributed by atoms with Crippen LogP contribution in [0.15, 0.2) is 73.3 Å². The SMILES string of the molecule is Cc1cc(NC(=O)Nc2cc(C(F)(F)F)ccc2Cl)ccc1Oc1ncccc1-c1ccncn1. The van der Waals surface area contributed by atoms with Gasteiger partial charge in [0.05, 0.1) is 27.5 Å². The van der Waals surface area contributed by atoms with Crippen molar-refractivity contribution in [1.29, 1.82) is 0 Å². The molecule has 2 amide bonds. The Hall–Kier alpha value is -4.18. The highest BCUT2D eigenvalue weighted by Gasteiger charge is 2.31. The van der Waals surface area contributed by atoms with Gasteiger partial charge < -0.3 is 15.4 Å². The lowest BCUT2D eigenvalue weighted by molar-refractivity contribution is -0.137. The zero-order valence-corrected chi connectivity index (χ0v) is 18.9. The van der Waals surface area contributed by atoms with Gasteiger partial charge >= 0.3 is 12.2 Å². The van der Waals surface area contributed by atoms with Gasteiger partial charge in [0, 0.05) is 18.1 Å². The van der Waals surface area contributed by atoms with Crippen LogP contribution in [0, 0.1) is 6.92 Å². The lowest BCUT2D eigenvalue weighted by Crippen LogP contribution is -2.20. The number of alkyl halides is 3. The molecule has 0 aliphatic heterocycles. The zero-order valence-electron chi connectivity index (χ0n) is 18.1. The van der Waals surface area contributed by atoms with Crippen molar-refractivity contribution in [3.05, 3.63) is 89.5 Å². The van der Waals surface area contributed by atoms with Gasteiger partial charge in [-0.25, -0.2) is 19.7 Å². The molecule has 0 atom stereocenters. The van der Waals surface area contributed by atoms with E-state index in [0.717, 1.165) is 18.2 Å². The lowest BCUT2D eigenvalue weighted by Gasteiger charge is -2.14. The number of rotatable bonds is 5. The van der Waals surface area contributed by atoms with Gasteiger partial charge in [0.1, 0.15) is 12.1 Å². The third-order valence-electron chi connectivity index (χ3n) is 4.81. The molecule has 2 aromatic heterocycles. The summed E-state index contributed by atoms with van der Waals surface area (Å²) in [5.41, 5.74) is 1.30. The molecule has 0 aliphatic carbocycles. The fraction of sp³-hybridized carbons (Fsp3) is 0.0833. The normalized spacial score (nSPS) is 11.1. The lowest BCUT2D eigenvalue weighted by atomic mass is 10.2. The number of aryl methyl sites for hydroxylation is 1. The highest BCUT2D eigenvalue weighted by molar-refractivity contribution is 6.33. The maximum atomic E-state index is 12.9. The predicted molar refractivity (Wildman–Crippen MR) is 126 cm³/mol. The average molecular weight is 500 g/mol. The molecule has 2 aromatic carbocycles. The van der Waals surface area contributed by atoms with Crippen molar-refractivity contribution in [2.75, 3.05) is 10.6 Å². The number of carbonyl (C=O) groups excluding carboxylic acids is 1. The van der Waals surface area contributed by atoms with Crippen LogP contribution in [0.5, 0.6) is 11.6 Å². The Labute approximate surface area is 203 Å². The predicted octanol–water partition coefficient (Wildman–Crippen LogP) is 6.96. The van der Waals surface area contributed by atoms with Gasteiger partial charge in [0.15, 0.2) is 0 Å². The molecule has 0 bridgehead atoms. The molecule has 0 aliphatic rings. The summed E-state index contributed by atoms with van der Waals surface area (Å²) in [5, 5.41) is 4.88. The summed E-state index contributed by atoms with van der Waals surface area (Å²) < 4.78 is 44.8. The van der Waals surface area contributed by atoms with E-state index in [0.29, 0.717) is 34.1 Å². The first kappa shape index (κ1) is 24.0. The molecule has 4 rings (SSSR count). The molecular formula is C24H17ClF3N5O2. The molecule has 0 saturated carbocycles. The summed E-state index contributed by atoms with van der Waals surface area (Å²) >= 11 is 5.93. The van der Waals surface area contributed by atoms with E-state index in [1.54, 1.807) is 49.6 Å². The van der Waals surface area contributed by atoms with Crippen molar-refractivity contribution in [1.82, 2.24) is 15.0 Å². The van der Waals surface area contributed by atoms with Crippen molar-refractivity contribution in [3.8, 4) is 22.9 Å². The van der Waals surface area contributed by atoms with Crippen LogP contribution in [-0.4, -0.2) is 21.0 Å². The molecule has 11 heteroatoms. The van der Waals surface area contributed by atoms with E-state index in [2.05, 4.69) is 25.6 Å². The van der Waals surface area contributed by atoms with Crippen LogP contribution in [0.3, 0.4) is 0 Å². The second kappa shape index (κ2) is 9.98. The van der Waals surface area contributed by atoms with E-state index in [-0.39, 0.29) is 10.7 Å². The number of urea groups is 1. The number of nitrogens with zero attached hydrogens (tertiary/aromatic N) is 3. The zero-order chi connectivity index (χ0) is 25.0. The maximum absolute atomic E-state index is 12.9. The second-order valence-corrected chi connectivity index (χ2v) is 7.71. The van der Waals surface area contributed by atoms with E-state index >= 15 is 0 Å². The van der Waals surface area contributed by atoms with Crippen molar-refractivity contribution in [2.24, 2.45) is 0 Å². The number of anilines is 2. The number of nitrogens with one attached hydrogen (secondary N) is 2. The van der Waals surface area contributed by atoms with Crippen LogP contribution in [0.1, 0.15) is 11.1 Å². The minimum Gasteiger partial charge on any atom is -0.438 e. The quantitative estimate of drug-likeness (QED) is 0.310. The highest BCUT2D eigenvalue weighted by atomic mass is 35.5. The van der Waals surface area contributed by atoms with E-state index in [1.165, 1.54) is 6.33 Å². The first-order valence-electron chi connectivity index (χ1n) is 10.2. The number of halogens is 4. The Morgan fingerprint density at radius 1 is 1.00 bits per heavy atom. The van der Waals surface area contributed by atoms with Crippen LogP contribution in [0.4, 0.5) is 29.3 Å². The second-order valence-electron chi connectivity index (χ2n) is 7.30. The fourth-order valence-corrected chi connectivity index (χ4v) is 3.31. The van der Waals surface area contributed by atoms with Gasteiger partial charge in [0.25, 0.3) is 0 Å². The van der Waals surface area contributed by atoms with Gasteiger partial charge in [-0.05, 0) is 67.1 Å². The Morgan fingerprint density at radius 3 is 2.54 bits per heavy atom. The average Bonchev–Trinajstić information content (AvgIpc) is 2.82. The number of pyridine rings is 1. The molecule has 7 nitrogen and oxygen atoms in total. The van der Waals surface area contributed by atoms with Crippen molar-refractivity contribution >= 4 is 29.0 Å². The Morgan fingerprint density at radius 2 is 1.83 bits per heavy atom. The third kappa shape index (κ3) is 5.85. The topological polar surface area (TPSA) is 89.0 Å². The van der Waals surface area contributed by atoms with E-state index in [9.17, 15) is 18.0 Å². The Kier molecular flexibility index (Phi) is 6.83. The van der Waals surface area contributed by atoms with E-state index in [4.69, 9.17) is 16.3 Å². The van der Waals surface area contributed by atoms with Crippen molar-refractivity contribution in [3.63, 3.8) is 0 Å². The molecule has 0 fully saturated rings. The molecular weight excluding hydrogens is 483 g/mol. The van der Waals surface area contributed by atoms with Gasteiger partial charge in [-0.1, -0.05) is 11.6 Å². The minimum absolute atomic E-state index is 0.0251. The number of amides is 2. The molecule has 2 heterocycles. The summed E-state index contributed by atoms with van der Waals surface area (Å²) in [6.45, 7) is 1.77. The van der Waals surface area contributed by atoms with Crippen LogP contribution >= 0.6 is 11.6 Å². The van der Waals surface area contributed by atoms with E-state index < -0.39 is 17.8 Å². The number of aromatic nitrogens is 3.